The molecule has 1 aromatic heterocycles. The number of amides is 1. The van der Waals surface area contributed by atoms with Crippen molar-refractivity contribution < 1.29 is 9.53 Å². The summed E-state index contributed by atoms with van der Waals surface area (Å²) < 4.78 is 5.80. The zero-order chi connectivity index (χ0) is 15.5. The van der Waals surface area contributed by atoms with Gasteiger partial charge in [0.25, 0.3) is 5.91 Å². The molecule has 0 radical (unpaired) electrons. The molecule has 0 bridgehead atoms. The van der Waals surface area contributed by atoms with Crippen molar-refractivity contribution in [2.45, 2.75) is 18.9 Å². The van der Waals surface area contributed by atoms with Crippen LogP contribution in [0.3, 0.4) is 0 Å². The summed E-state index contributed by atoms with van der Waals surface area (Å²) in [6.07, 6.45) is 4.35. The van der Waals surface area contributed by atoms with E-state index in [4.69, 9.17) is 10.00 Å². The molecule has 2 heterocycles. The van der Waals surface area contributed by atoms with Crippen LogP contribution in [0, 0.1) is 17.2 Å². The van der Waals surface area contributed by atoms with Crippen molar-refractivity contribution in [1.82, 2.24) is 14.8 Å². The van der Waals surface area contributed by atoms with Crippen LogP contribution in [0.2, 0.25) is 0 Å². The molecule has 1 aromatic rings. The van der Waals surface area contributed by atoms with Gasteiger partial charge in [-0.25, -0.2) is 0 Å². The van der Waals surface area contributed by atoms with Crippen molar-refractivity contribution in [3.8, 4) is 6.07 Å². The molecule has 3 rings (SSSR count). The molecule has 118 valence electrons. The highest BCUT2D eigenvalue weighted by Crippen LogP contribution is 2.29. The van der Waals surface area contributed by atoms with Crippen LogP contribution in [0.25, 0.3) is 0 Å². The summed E-state index contributed by atoms with van der Waals surface area (Å²) in [5.41, 5.74) is 0.959. The number of aromatic nitrogens is 1. The van der Waals surface area contributed by atoms with Gasteiger partial charge in [-0.1, -0.05) is 0 Å². The first-order chi connectivity index (χ1) is 10.7. The third-order valence-corrected chi connectivity index (χ3v) is 4.26. The van der Waals surface area contributed by atoms with Crippen molar-refractivity contribution in [3.63, 3.8) is 0 Å². The van der Waals surface area contributed by atoms with Crippen LogP contribution in [0.5, 0.6) is 0 Å². The van der Waals surface area contributed by atoms with Crippen LogP contribution in [0.15, 0.2) is 12.3 Å². The van der Waals surface area contributed by atoms with Gasteiger partial charge in [0, 0.05) is 32.4 Å². The maximum Gasteiger partial charge on any atom is 0.255 e. The zero-order valence-electron chi connectivity index (χ0n) is 12.9. The molecule has 6 heteroatoms. The highest BCUT2D eigenvalue weighted by atomic mass is 16.5. The number of likely N-dealkylation sites (N-methyl/N-ethyl adjacent to an activating group) is 1. The Balaban J connectivity index is 1.55. The molecule has 0 unspecified atom stereocenters. The average molecular weight is 302 g/mol. The fraction of sp³-hybridized carbons (Fsp3) is 0.625. The van der Waals surface area contributed by atoms with E-state index in [0.717, 1.165) is 19.0 Å². The number of morpholine rings is 1. The number of ether oxygens (including phenoxy) is 1. The van der Waals surface area contributed by atoms with Gasteiger partial charge in [-0.15, -0.1) is 0 Å². The molecule has 1 atom stereocenters. The zero-order valence-corrected chi connectivity index (χ0v) is 12.9. The maximum atomic E-state index is 12.5. The number of rotatable bonds is 5. The third-order valence-electron chi connectivity index (χ3n) is 4.26. The lowest BCUT2D eigenvalue weighted by molar-refractivity contribution is -0.0333. The van der Waals surface area contributed by atoms with Gasteiger partial charge in [0.15, 0.2) is 0 Å². The summed E-state index contributed by atoms with van der Waals surface area (Å²) in [5.74, 6) is 0.825. The average Bonchev–Trinajstić information content (AvgIpc) is 3.19. The highest BCUT2D eigenvalue weighted by molar-refractivity contribution is 5.94. The molecule has 6 nitrogen and oxygen atoms in total. The van der Waals surface area contributed by atoms with Gasteiger partial charge in [-0.3, -0.25) is 4.79 Å². The molecule has 1 amide bonds. The molecule has 1 saturated heterocycles. The van der Waals surface area contributed by atoms with Gasteiger partial charge < -0.3 is 19.5 Å². The van der Waals surface area contributed by atoms with Gasteiger partial charge in [-0.2, -0.15) is 5.26 Å². The van der Waals surface area contributed by atoms with E-state index in [0.29, 0.717) is 31.0 Å². The standard InChI is InChI=1S/C16H22N4O2/c1-19(9-12-2-3-12)10-15-11-20(4-5-22-15)16(21)13-6-14(7-17)18-8-13/h6,8,12,15,18H,2-5,9-11H2,1H3/t15-/m0/s1. The number of aromatic amines is 1. The summed E-state index contributed by atoms with van der Waals surface area (Å²) in [7, 11) is 2.12. The molecular weight excluding hydrogens is 280 g/mol. The van der Waals surface area contributed by atoms with E-state index in [1.54, 1.807) is 12.3 Å². The normalized spacial score (nSPS) is 21.9. The lowest BCUT2D eigenvalue weighted by atomic mass is 10.2. The molecule has 1 aliphatic heterocycles. The Hall–Kier alpha value is -1.84. The topological polar surface area (TPSA) is 72.4 Å². The number of hydrogen-bond acceptors (Lipinski definition) is 4. The third kappa shape index (κ3) is 3.67. The van der Waals surface area contributed by atoms with E-state index in [1.807, 2.05) is 11.0 Å². The Morgan fingerprint density at radius 2 is 2.36 bits per heavy atom. The van der Waals surface area contributed by atoms with E-state index in [2.05, 4.69) is 16.9 Å². The summed E-state index contributed by atoms with van der Waals surface area (Å²) in [6.45, 7) is 3.77. The highest BCUT2D eigenvalue weighted by Gasteiger charge is 2.28. The van der Waals surface area contributed by atoms with E-state index in [-0.39, 0.29) is 12.0 Å². The lowest BCUT2D eigenvalue weighted by Gasteiger charge is -2.34. The number of carbonyl (C=O) groups excluding carboxylic acids is 1. The predicted octanol–water partition coefficient (Wildman–Crippen LogP) is 1.07. The number of nitrogens with one attached hydrogen (secondary N) is 1. The molecule has 22 heavy (non-hydrogen) atoms. The van der Waals surface area contributed by atoms with Crippen LogP contribution in [0.4, 0.5) is 0 Å². The van der Waals surface area contributed by atoms with Crippen LogP contribution in [-0.4, -0.2) is 66.6 Å². The van der Waals surface area contributed by atoms with Crippen molar-refractivity contribution in [2.75, 3.05) is 39.8 Å². The molecule has 0 aromatic carbocycles. The maximum absolute atomic E-state index is 12.5. The minimum atomic E-state index is -0.0316. The molecule has 2 aliphatic rings. The Labute approximate surface area is 130 Å². The second-order valence-electron chi connectivity index (χ2n) is 6.32. The molecule has 0 spiro atoms. The Bertz CT molecular complexity index is 573. The summed E-state index contributed by atoms with van der Waals surface area (Å²) in [4.78, 5) is 19.4. The first-order valence-electron chi connectivity index (χ1n) is 7.83. The van der Waals surface area contributed by atoms with Crippen LogP contribution < -0.4 is 0 Å². The Kier molecular flexibility index (Phi) is 4.46. The summed E-state index contributed by atoms with van der Waals surface area (Å²) >= 11 is 0. The van der Waals surface area contributed by atoms with E-state index >= 15 is 0 Å². The van der Waals surface area contributed by atoms with Gasteiger partial charge >= 0.3 is 0 Å². The van der Waals surface area contributed by atoms with Crippen molar-refractivity contribution in [1.29, 1.82) is 5.26 Å². The number of H-pyrrole nitrogens is 1. The molecule has 1 aliphatic carbocycles. The minimum Gasteiger partial charge on any atom is -0.373 e. The molecule has 2 fully saturated rings. The number of nitriles is 1. The van der Waals surface area contributed by atoms with Crippen LogP contribution in [0.1, 0.15) is 28.9 Å². The largest absolute Gasteiger partial charge is 0.373 e. The molecular formula is C16H22N4O2. The van der Waals surface area contributed by atoms with E-state index < -0.39 is 0 Å². The first-order valence-corrected chi connectivity index (χ1v) is 7.83. The van der Waals surface area contributed by atoms with Crippen molar-refractivity contribution >= 4 is 5.91 Å². The number of hydrogen-bond donors (Lipinski definition) is 1. The van der Waals surface area contributed by atoms with E-state index in [9.17, 15) is 4.79 Å². The number of nitrogens with zero attached hydrogens (tertiary/aromatic N) is 3. The van der Waals surface area contributed by atoms with E-state index in [1.165, 1.54) is 12.8 Å². The number of carbonyl (C=O) groups is 1. The smallest absolute Gasteiger partial charge is 0.255 e. The van der Waals surface area contributed by atoms with Gasteiger partial charge in [0.1, 0.15) is 11.8 Å². The minimum absolute atomic E-state index is 0.0316. The quantitative estimate of drug-likeness (QED) is 0.883. The molecule has 1 N–H and O–H groups in total. The Morgan fingerprint density at radius 3 is 3.05 bits per heavy atom. The van der Waals surface area contributed by atoms with Gasteiger partial charge in [-0.05, 0) is 31.9 Å². The first kappa shape index (κ1) is 15.1. The van der Waals surface area contributed by atoms with Gasteiger partial charge in [0.05, 0.1) is 18.3 Å². The SMILES string of the molecule is CN(CC1CC1)C[C@H]1CN(C(=O)c2c[nH]c(C#N)c2)CCO1. The summed E-state index contributed by atoms with van der Waals surface area (Å²) in [6, 6.07) is 3.61. The van der Waals surface area contributed by atoms with Crippen molar-refractivity contribution in [2.24, 2.45) is 5.92 Å². The second kappa shape index (κ2) is 6.51. The monoisotopic (exact) mass is 302 g/mol. The van der Waals surface area contributed by atoms with Crippen molar-refractivity contribution in [3.05, 3.63) is 23.5 Å². The fourth-order valence-corrected chi connectivity index (χ4v) is 2.94. The lowest BCUT2D eigenvalue weighted by Crippen LogP contribution is -2.49. The van der Waals surface area contributed by atoms with Crippen LogP contribution in [-0.2, 0) is 4.74 Å². The fourth-order valence-electron chi connectivity index (χ4n) is 2.94. The summed E-state index contributed by atoms with van der Waals surface area (Å²) in [5, 5.41) is 8.83. The Morgan fingerprint density at radius 1 is 1.55 bits per heavy atom. The molecule has 1 saturated carbocycles. The van der Waals surface area contributed by atoms with Crippen LogP contribution >= 0.6 is 0 Å². The predicted molar refractivity (Wildman–Crippen MR) is 81.4 cm³/mol. The second-order valence-corrected chi connectivity index (χ2v) is 6.32. The van der Waals surface area contributed by atoms with Gasteiger partial charge in [0.2, 0.25) is 0 Å².